The summed E-state index contributed by atoms with van der Waals surface area (Å²) >= 11 is 0. The van der Waals surface area contributed by atoms with E-state index in [1.807, 2.05) is 12.1 Å². The second-order valence-electron chi connectivity index (χ2n) is 3.31. The van der Waals surface area contributed by atoms with Crippen molar-refractivity contribution in [1.82, 2.24) is 10.1 Å². The Morgan fingerprint density at radius 1 is 1.44 bits per heavy atom. The highest BCUT2D eigenvalue weighted by molar-refractivity contribution is 5.57. The molecule has 0 unspecified atom stereocenters. The smallest absolute Gasteiger partial charge is 0.212 e. The quantitative estimate of drug-likeness (QED) is 0.837. The zero-order chi connectivity index (χ0) is 11.4. The fourth-order valence-corrected chi connectivity index (χ4v) is 1.36. The number of hydrogen-bond donors (Lipinski definition) is 1. The Morgan fingerprint density at radius 2 is 2.31 bits per heavy atom. The maximum atomic E-state index is 5.43. The fourth-order valence-electron chi connectivity index (χ4n) is 1.36. The van der Waals surface area contributed by atoms with Gasteiger partial charge >= 0.3 is 0 Å². The molecule has 2 aromatic heterocycles. The van der Waals surface area contributed by atoms with E-state index in [4.69, 9.17) is 15.0 Å². The third kappa shape index (κ3) is 2.20. The molecule has 0 saturated heterocycles. The van der Waals surface area contributed by atoms with Crippen LogP contribution in [0.3, 0.4) is 0 Å². The van der Waals surface area contributed by atoms with Crippen LogP contribution in [-0.4, -0.2) is 23.8 Å². The third-order valence-corrected chi connectivity index (χ3v) is 2.19. The minimum atomic E-state index is 0.551. The van der Waals surface area contributed by atoms with E-state index in [1.165, 1.54) is 0 Å². The largest absolute Gasteiger partial charge is 0.481 e. The summed E-state index contributed by atoms with van der Waals surface area (Å²) in [4.78, 5) is 4.10. The lowest BCUT2D eigenvalue weighted by Crippen LogP contribution is -2.01. The molecule has 0 aliphatic heterocycles. The standard InChI is InChI=1S/C11H13N3O2/c1-15-11-3-2-8(7-13-11)10-6-9(4-5-12)16-14-10/h2-3,6-7H,4-5,12H2,1H3. The molecular formula is C11H13N3O2. The van der Waals surface area contributed by atoms with Crippen LogP contribution < -0.4 is 10.5 Å². The lowest BCUT2D eigenvalue weighted by Gasteiger charge is -1.98. The van der Waals surface area contributed by atoms with Crippen LogP contribution in [0.25, 0.3) is 11.3 Å². The van der Waals surface area contributed by atoms with Gasteiger partial charge in [0.25, 0.3) is 0 Å². The monoisotopic (exact) mass is 219 g/mol. The van der Waals surface area contributed by atoms with Gasteiger partial charge in [0.05, 0.1) is 7.11 Å². The van der Waals surface area contributed by atoms with Gasteiger partial charge < -0.3 is 15.0 Å². The van der Waals surface area contributed by atoms with Crippen molar-refractivity contribution in [3.63, 3.8) is 0 Å². The number of hydrogen-bond acceptors (Lipinski definition) is 5. The molecule has 84 valence electrons. The maximum Gasteiger partial charge on any atom is 0.212 e. The zero-order valence-electron chi connectivity index (χ0n) is 9.01. The molecule has 0 amide bonds. The predicted molar refractivity (Wildman–Crippen MR) is 59.0 cm³/mol. The fraction of sp³-hybridized carbons (Fsp3) is 0.273. The first-order valence-electron chi connectivity index (χ1n) is 4.99. The van der Waals surface area contributed by atoms with Crippen molar-refractivity contribution < 1.29 is 9.26 Å². The SMILES string of the molecule is COc1ccc(-c2cc(CCN)on2)cn1. The van der Waals surface area contributed by atoms with Crippen LogP contribution in [0.15, 0.2) is 28.9 Å². The minimum absolute atomic E-state index is 0.551. The van der Waals surface area contributed by atoms with E-state index in [-0.39, 0.29) is 0 Å². The molecule has 0 radical (unpaired) electrons. The van der Waals surface area contributed by atoms with Crippen LogP contribution >= 0.6 is 0 Å². The van der Waals surface area contributed by atoms with Crippen LogP contribution in [0.5, 0.6) is 5.88 Å². The molecule has 16 heavy (non-hydrogen) atoms. The molecule has 0 fully saturated rings. The van der Waals surface area contributed by atoms with Gasteiger partial charge in [-0.15, -0.1) is 0 Å². The van der Waals surface area contributed by atoms with Crippen molar-refractivity contribution in [2.45, 2.75) is 6.42 Å². The number of nitrogens with two attached hydrogens (primary N) is 1. The summed E-state index contributed by atoms with van der Waals surface area (Å²) in [7, 11) is 1.58. The van der Waals surface area contributed by atoms with Gasteiger partial charge in [0, 0.05) is 30.3 Å². The predicted octanol–water partition coefficient (Wildman–Crippen LogP) is 1.25. The number of methoxy groups -OCH3 is 1. The molecule has 2 heterocycles. The van der Waals surface area contributed by atoms with E-state index in [9.17, 15) is 0 Å². The average Bonchev–Trinajstić information content (AvgIpc) is 2.78. The highest BCUT2D eigenvalue weighted by Gasteiger charge is 2.06. The van der Waals surface area contributed by atoms with Crippen molar-refractivity contribution in [3.8, 4) is 17.1 Å². The molecule has 0 spiro atoms. The molecule has 2 aromatic rings. The van der Waals surface area contributed by atoms with Gasteiger partial charge in [0.15, 0.2) is 0 Å². The summed E-state index contributed by atoms with van der Waals surface area (Å²) in [6.07, 6.45) is 2.39. The molecule has 0 aliphatic rings. The third-order valence-electron chi connectivity index (χ3n) is 2.19. The topological polar surface area (TPSA) is 74.2 Å². The van der Waals surface area contributed by atoms with E-state index in [2.05, 4.69) is 10.1 Å². The summed E-state index contributed by atoms with van der Waals surface area (Å²) in [6, 6.07) is 5.54. The van der Waals surface area contributed by atoms with Crippen LogP contribution in [0.2, 0.25) is 0 Å². The first-order valence-corrected chi connectivity index (χ1v) is 4.99. The molecule has 2 rings (SSSR count). The van der Waals surface area contributed by atoms with Crippen molar-refractivity contribution >= 4 is 0 Å². The van der Waals surface area contributed by atoms with Gasteiger partial charge in [-0.05, 0) is 12.6 Å². The molecule has 5 heteroatoms. The number of pyridine rings is 1. The molecule has 2 N–H and O–H groups in total. The van der Waals surface area contributed by atoms with Crippen molar-refractivity contribution in [1.29, 1.82) is 0 Å². The van der Waals surface area contributed by atoms with Crippen molar-refractivity contribution in [3.05, 3.63) is 30.2 Å². The van der Waals surface area contributed by atoms with Gasteiger partial charge in [-0.2, -0.15) is 0 Å². The Labute approximate surface area is 93.2 Å². The summed E-state index contributed by atoms with van der Waals surface area (Å²) < 4.78 is 10.1. The summed E-state index contributed by atoms with van der Waals surface area (Å²) in [6.45, 7) is 0.551. The van der Waals surface area contributed by atoms with Gasteiger partial charge in [-0.3, -0.25) is 0 Å². The van der Waals surface area contributed by atoms with Gasteiger partial charge in [0.2, 0.25) is 5.88 Å². The van der Waals surface area contributed by atoms with Crippen LogP contribution in [0.4, 0.5) is 0 Å². The maximum absolute atomic E-state index is 5.43. The van der Waals surface area contributed by atoms with E-state index >= 15 is 0 Å². The second-order valence-corrected chi connectivity index (χ2v) is 3.31. The normalized spacial score (nSPS) is 10.4. The lowest BCUT2D eigenvalue weighted by atomic mass is 10.2. The molecular weight excluding hydrogens is 206 g/mol. The number of nitrogens with zero attached hydrogens (tertiary/aromatic N) is 2. The molecule has 0 aromatic carbocycles. The lowest BCUT2D eigenvalue weighted by molar-refractivity contribution is 0.386. The van der Waals surface area contributed by atoms with E-state index < -0.39 is 0 Å². The Morgan fingerprint density at radius 3 is 2.94 bits per heavy atom. The van der Waals surface area contributed by atoms with Crippen LogP contribution in [-0.2, 0) is 6.42 Å². The van der Waals surface area contributed by atoms with Crippen LogP contribution in [0, 0.1) is 0 Å². The van der Waals surface area contributed by atoms with Gasteiger partial charge in [-0.25, -0.2) is 4.98 Å². The van der Waals surface area contributed by atoms with E-state index in [0.717, 1.165) is 17.0 Å². The van der Waals surface area contributed by atoms with E-state index in [1.54, 1.807) is 19.4 Å². The molecule has 0 aliphatic carbocycles. The summed E-state index contributed by atoms with van der Waals surface area (Å²) in [5, 5.41) is 3.95. The van der Waals surface area contributed by atoms with Crippen molar-refractivity contribution in [2.75, 3.05) is 13.7 Å². The second kappa shape index (κ2) is 4.76. The Balaban J connectivity index is 2.21. The van der Waals surface area contributed by atoms with Gasteiger partial charge in [-0.1, -0.05) is 5.16 Å². The summed E-state index contributed by atoms with van der Waals surface area (Å²) in [5.74, 6) is 1.36. The molecule has 5 nitrogen and oxygen atoms in total. The average molecular weight is 219 g/mol. The summed E-state index contributed by atoms with van der Waals surface area (Å²) in [5.41, 5.74) is 7.09. The first kappa shape index (κ1) is 10.6. The zero-order valence-corrected chi connectivity index (χ0v) is 9.01. The Hall–Kier alpha value is -1.88. The molecule has 0 bridgehead atoms. The van der Waals surface area contributed by atoms with Gasteiger partial charge in [0.1, 0.15) is 11.5 Å². The Bertz CT molecular complexity index is 451. The first-order chi connectivity index (χ1) is 7.83. The van der Waals surface area contributed by atoms with E-state index in [0.29, 0.717) is 18.8 Å². The number of aromatic nitrogens is 2. The minimum Gasteiger partial charge on any atom is -0.481 e. The highest BCUT2D eigenvalue weighted by atomic mass is 16.5. The molecule has 0 atom stereocenters. The Kier molecular flexibility index (Phi) is 3.16. The van der Waals surface area contributed by atoms with Crippen LogP contribution in [0.1, 0.15) is 5.76 Å². The number of ether oxygens (including phenoxy) is 1. The number of rotatable bonds is 4. The van der Waals surface area contributed by atoms with Crippen molar-refractivity contribution in [2.24, 2.45) is 5.73 Å². The highest BCUT2D eigenvalue weighted by Crippen LogP contribution is 2.20. The molecule has 0 saturated carbocycles.